The van der Waals surface area contributed by atoms with E-state index in [1.54, 1.807) is 6.08 Å². The number of allylic oxidation sites excluding steroid dienone is 1. The lowest BCUT2D eigenvalue weighted by Crippen LogP contribution is -2.45. The van der Waals surface area contributed by atoms with Gasteiger partial charge in [0, 0.05) is 6.42 Å². The van der Waals surface area contributed by atoms with Gasteiger partial charge in [-0.1, -0.05) is 257 Å². The number of unbranched alkanes of at least 4 members (excludes halogenated alkanes) is 37. The van der Waals surface area contributed by atoms with Crippen molar-refractivity contribution in [3.63, 3.8) is 0 Å². The third kappa shape index (κ3) is 47.2. The number of carbonyl (C=O) groups is 1. The van der Waals surface area contributed by atoms with Gasteiger partial charge < -0.3 is 19.8 Å². The van der Waals surface area contributed by atoms with E-state index in [4.69, 9.17) is 9.05 Å². The first-order chi connectivity index (χ1) is 30.0. The fourth-order valence-corrected chi connectivity index (χ4v) is 8.96. The topological polar surface area (TPSA) is 105 Å². The second kappa shape index (κ2) is 45.4. The third-order valence-electron chi connectivity index (χ3n) is 12.5. The Balaban J connectivity index is 4.23. The van der Waals surface area contributed by atoms with Crippen LogP contribution in [0.2, 0.25) is 0 Å². The fourth-order valence-electron chi connectivity index (χ4n) is 8.22. The summed E-state index contributed by atoms with van der Waals surface area (Å²) in [6, 6.07) is -0.841. The number of nitrogens with zero attached hydrogens (tertiary/aromatic N) is 1. The minimum atomic E-state index is -4.34. The number of nitrogens with one attached hydrogen (secondary N) is 1. The van der Waals surface area contributed by atoms with Crippen molar-refractivity contribution in [1.82, 2.24) is 5.32 Å². The zero-order valence-corrected chi connectivity index (χ0v) is 43.0. The highest BCUT2D eigenvalue weighted by molar-refractivity contribution is 7.47. The molecule has 0 aliphatic rings. The molecule has 0 fully saturated rings. The minimum absolute atomic E-state index is 0.0651. The average Bonchev–Trinajstić information content (AvgIpc) is 3.23. The number of carbonyl (C=O) groups excluding carboxylic acids is 1. The molecular weight excluding hydrogens is 792 g/mol. The highest BCUT2D eigenvalue weighted by atomic mass is 31.2. The van der Waals surface area contributed by atoms with Gasteiger partial charge in [0.25, 0.3) is 0 Å². The van der Waals surface area contributed by atoms with Gasteiger partial charge in [0.1, 0.15) is 13.2 Å². The lowest BCUT2D eigenvalue weighted by Gasteiger charge is -2.25. The number of hydrogen-bond donors (Lipinski definition) is 3. The van der Waals surface area contributed by atoms with Gasteiger partial charge in [-0.25, -0.2) is 4.57 Å². The Kier molecular flexibility index (Phi) is 44.8. The fraction of sp³-hybridized carbons (Fsp3) is 0.943. The van der Waals surface area contributed by atoms with Crippen molar-refractivity contribution in [3.05, 3.63) is 12.2 Å². The van der Waals surface area contributed by atoms with Gasteiger partial charge in [0.05, 0.1) is 39.9 Å². The molecule has 0 bridgehead atoms. The van der Waals surface area contributed by atoms with Crippen LogP contribution in [-0.2, 0) is 18.4 Å². The van der Waals surface area contributed by atoms with Gasteiger partial charge in [0.15, 0.2) is 0 Å². The zero-order chi connectivity index (χ0) is 45.7. The van der Waals surface area contributed by atoms with E-state index in [9.17, 15) is 19.4 Å². The molecule has 0 spiro atoms. The van der Waals surface area contributed by atoms with Crippen molar-refractivity contribution in [2.45, 2.75) is 283 Å². The molecule has 3 atom stereocenters. The van der Waals surface area contributed by atoms with Gasteiger partial charge in [-0.15, -0.1) is 0 Å². The number of amides is 1. The second-order valence-electron chi connectivity index (χ2n) is 20.0. The Hall–Kier alpha value is -0.760. The number of likely N-dealkylation sites (N-methyl/N-ethyl adjacent to an activating group) is 1. The molecule has 0 aromatic heterocycles. The predicted molar refractivity (Wildman–Crippen MR) is 268 cm³/mol. The molecule has 0 radical (unpaired) electrons. The Morgan fingerprint density at radius 2 is 0.855 bits per heavy atom. The van der Waals surface area contributed by atoms with Crippen molar-refractivity contribution in [3.8, 4) is 0 Å². The van der Waals surface area contributed by atoms with Gasteiger partial charge in [0.2, 0.25) is 5.91 Å². The molecule has 0 saturated heterocycles. The SMILES string of the molecule is CCCCCCCCCCCCCCCCCCCCCCC/C=C/C(O)C(COP(=O)(O)OCC[N+](C)(C)C)NC(=O)CCCCCCCCCCCCCCCCCCC. The molecule has 0 saturated carbocycles. The molecule has 3 unspecified atom stereocenters. The Bertz CT molecular complexity index is 1020. The lowest BCUT2D eigenvalue weighted by atomic mass is 10.0. The molecule has 0 aromatic rings. The number of hydrogen-bond acceptors (Lipinski definition) is 5. The third-order valence-corrected chi connectivity index (χ3v) is 13.5. The normalized spacial score (nSPS) is 14.1. The summed E-state index contributed by atoms with van der Waals surface area (Å²) in [6.45, 7) is 4.86. The highest BCUT2D eigenvalue weighted by Gasteiger charge is 2.27. The van der Waals surface area contributed by atoms with Crippen molar-refractivity contribution in [2.75, 3.05) is 40.9 Å². The Morgan fingerprint density at radius 1 is 0.532 bits per heavy atom. The summed E-state index contributed by atoms with van der Waals surface area (Å²) in [4.78, 5) is 23.2. The molecular formula is C53H108N2O6P+. The molecule has 0 rings (SSSR count). The largest absolute Gasteiger partial charge is 0.472 e. The molecule has 370 valence electrons. The summed E-state index contributed by atoms with van der Waals surface area (Å²) < 4.78 is 23.7. The molecule has 62 heavy (non-hydrogen) atoms. The maximum absolute atomic E-state index is 12.9. The molecule has 9 heteroatoms. The number of phosphoric acid groups is 1. The summed E-state index contributed by atoms with van der Waals surface area (Å²) in [7, 11) is 1.59. The van der Waals surface area contributed by atoms with Crippen LogP contribution in [0.4, 0.5) is 0 Å². The predicted octanol–water partition coefficient (Wildman–Crippen LogP) is 15.9. The quantitative estimate of drug-likeness (QED) is 0.0243. The smallest absolute Gasteiger partial charge is 0.387 e. The first-order valence-corrected chi connectivity index (χ1v) is 28.6. The second-order valence-corrected chi connectivity index (χ2v) is 21.4. The van der Waals surface area contributed by atoms with Crippen LogP contribution in [0.25, 0.3) is 0 Å². The first kappa shape index (κ1) is 61.2. The van der Waals surface area contributed by atoms with E-state index in [0.717, 1.165) is 32.1 Å². The van der Waals surface area contributed by atoms with Crippen LogP contribution in [0.3, 0.4) is 0 Å². The number of rotatable bonds is 50. The van der Waals surface area contributed by atoms with Gasteiger partial charge in [-0.05, 0) is 19.3 Å². The van der Waals surface area contributed by atoms with Crippen LogP contribution in [0.1, 0.15) is 271 Å². The number of aliphatic hydroxyl groups excluding tert-OH is 1. The summed E-state index contributed by atoms with van der Waals surface area (Å²) in [6.07, 6.45) is 54.4. The number of aliphatic hydroxyl groups is 1. The van der Waals surface area contributed by atoms with Gasteiger partial charge in [-0.2, -0.15) is 0 Å². The monoisotopic (exact) mass is 900 g/mol. The van der Waals surface area contributed by atoms with E-state index in [1.807, 2.05) is 27.2 Å². The van der Waals surface area contributed by atoms with E-state index in [0.29, 0.717) is 17.4 Å². The van der Waals surface area contributed by atoms with Gasteiger partial charge in [-0.3, -0.25) is 13.8 Å². The Labute approximate surface area is 386 Å². The number of phosphoric ester groups is 1. The van der Waals surface area contributed by atoms with Crippen molar-refractivity contribution in [2.24, 2.45) is 0 Å². The van der Waals surface area contributed by atoms with Crippen LogP contribution < -0.4 is 5.32 Å². The van der Waals surface area contributed by atoms with Crippen LogP contribution in [0, 0.1) is 0 Å². The molecule has 3 N–H and O–H groups in total. The van der Waals surface area contributed by atoms with Crippen molar-refractivity contribution >= 4 is 13.7 Å². The molecule has 0 aliphatic heterocycles. The van der Waals surface area contributed by atoms with Crippen molar-refractivity contribution < 1.29 is 32.9 Å². The molecule has 0 aliphatic carbocycles. The van der Waals surface area contributed by atoms with Crippen LogP contribution >= 0.6 is 7.82 Å². The van der Waals surface area contributed by atoms with Crippen molar-refractivity contribution in [1.29, 1.82) is 0 Å². The van der Waals surface area contributed by atoms with E-state index >= 15 is 0 Å². The van der Waals surface area contributed by atoms with E-state index in [-0.39, 0.29) is 19.1 Å². The molecule has 0 heterocycles. The summed E-state index contributed by atoms with van der Waals surface area (Å²) >= 11 is 0. The van der Waals surface area contributed by atoms with E-state index in [1.165, 1.54) is 218 Å². The summed E-state index contributed by atoms with van der Waals surface area (Å²) in [5.74, 6) is -0.171. The average molecular weight is 900 g/mol. The lowest BCUT2D eigenvalue weighted by molar-refractivity contribution is -0.870. The zero-order valence-electron chi connectivity index (χ0n) is 42.1. The minimum Gasteiger partial charge on any atom is -0.387 e. The maximum Gasteiger partial charge on any atom is 0.472 e. The van der Waals surface area contributed by atoms with Crippen LogP contribution in [-0.4, -0.2) is 73.4 Å². The number of quaternary nitrogens is 1. The van der Waals surface area contributed by atoms with Crippen LogP contribution in [0.5, 0.6) is 0 Å². The van der Waals surface area contributed by atoms with E-state index in [2.05, 4.69) is 19.2 Å². The standard InChI is InChI=1S/C53H107N2O6P/c1-6-8-10-12-14-16-18-20-22-24-25-26-27-28-29-31-32-34-36-38-40-42-44-46-52(56)51(50-61-62(58,59)60-49-48-55(3,4)5)54-53(57)47-45-43-41-39-37-35-33-30-23-21-19-17-15-13-11-9-7-2/h44,46,51-52,56H,6-43,45,47-50H2,1-5H3,(H-,54,57,58,59)/p+1/b46-44+. The molecule has 1 amide bonds. The summed E-state index contributed by atoms with van der Waals surface area (Å²) in [5.41, 5.74) is 0. The van der Waals surface area contributed by atoms with Crippen LogP contribution in [0.15, 0.2) is 12.2 Å². The molecule has 8 nitrogen and oxygen atoms in total. The van der Waals surface area contributed by atoms with Gasteiger partial charge >= 0.3 is 7.82 Å². The maximum atomic E-state index is 12.9. The first-order valence-electron chi connectivity index (χ1n) is 27.1. The Morgan fingerprint density at radius 3 is 1.19 bits per heavy atom. The summed E-state index contributed by atoms with van der Waals surface area (Å²) in [5, 5.41) is 13.9. The van der Waals surface area contributed by atoms with E-state index < -0.39 is 20.0 Å². The molecule has 0 aromatic carbocycles. The highest BCUT2D eigenvalue weighted by Crippen LogP contribution is 2.43.